The van der Waals surface area contributed by atoms with Gasteiger partial charge >= 0.3 is 0 Å². The lowest BCUT2D eigenvalue weighted by atomic mass is 10.3. The zero-order chi connectivity index (χ0) is 9.40. The number of nitrogens with zero attached hydrogens (tertiary/aromatic N) is 1. The number of nitrogens with one attached hydrogen (secondary N) is 1. The first-order valence-corrected chi connectivity index (χ1v) is 4.57. The van der Waals surface area contributed by atoms with Gasteiger partial charge < -0.3 is 9.64 Å². The normalized spacial score (nSPS) is 9.92. The smallest absolute Gasteiger partial charge is 0.0958 e. The van der Waals surface area contributed by atoms with E-state index in [0.717, 1.165) is 31.8 Å². The summed E-state index contributed by atoms with van der Waals surface area (Å²) in [5, 5.41) is 7.69. The molecule has 0 saturated carbocycles. The van der Waals surface area contributed by atoms with E-state index in [1.165, 1.54) is 0 Å². The first-order chi connectivity index (χ1) is 5.76. The Balaban J connectivity index is 3.71. The van der Waals surface area contributed by atoms with Crippen LogP contribution in [0.5, 0.6) is 0 Å². The summed E-state index contributed by atoms with van der Waals surface area (Å²) in [7, 11) is 1.69. The summed E-state index contributed by atoms with van der Waals surface area (Å²) in [6.45, 7) is 6.62. The maximum atomic E-state index is 7.69. The molecule has 0 amide bonds. The summed E-state index contributed by atoms with van der Waals surface area (Å²) in [5.41, 5.74) is 0. The van der Waals surface area contributed by atoms with Crippen molar-refractivity contribution >= 4 is 5.84 Å². The maximum absolute atomic E-state index is 7.69. The van der Waals surface area contributed by atoms with Gasteiger partial charge in [-0.3, -0.25) is 5.41 Å². The minimum Gasteiger partial charge on any atom is -0.383 e. The number of ether oxygens (including phenoxy) is 1. The van der Waals surface area contributed by atoms with Crippen molar-refractivity contribution in [3.05, 3.63) is 0 Å². The maximum Gasteiger partial charge on any atom is 0.0958 e. The Kier molecular flexibility index (Phi) is 6.76. The fourth-order valence-corrected chi connectivity index (χ4v) is 1.08. The van der Waals surface area contributed by atoms with Crippen LogP contribution in [0.1, 0.15) is 26.7 Å². The van der Waals surface area contributed by atoms with Crippen LogP contribution in [0.2, 0.25) is 0 Å². The minimum atomic E-state index is 0.708. The Bertz CT molecular complexity index is 126. The van der Waals surface area contributed by atoms with Gasteiger partial charge in [-0.15, -0.1) is 0 Å². The van der Waals surface area contributed by atoms with Crippen molar-refractivity contribution < 1.29 is 4.74 Å². The predicted molar refractivity (Wildman–Crippen MR) is 51.8 cm³/mol. The average Bonchev–Trinajstić information content (AvgIpc) is 2.06. The fourth-order valence-electron chi connectivity index (χ4n) is 1.08. The first-order valence-electron chi connectivity index (χ1n) is 4.57. The molecule has 0 aromatic rings. The molecule has 0 atom stereocenters. The van der Waals surface area contributed by atoms with Gasteiger partial charge in [0.25, 0.3) is 0 Å². The van der Waals surface area contributed by atoms with E-state index >= 15 is 0 Å². The van der Waals surface area contributed by atoms with Crippen LogP contribution < -0.4 is 0 Å². The molecule has 0 unspecified atom stereocenters. The van der Waals surface area contributed by atoms with E-state index in [1.807, 2.05) is 4.90 Å². The first kappa shape index (κ1) is 11.4. The summed E-state index contributed by atoms with van der Waals surface area (Å²) >= 11 is 0. The summed E-state index contributed by atoms with van der Waals surface area (Å²) in [5.74, 6) is 0.733. The van der Waals surface area contributed by atoms with Gasteiger partial charge in [-0.1, -0.05) is 6.92 Å². The van der Waals surface area contributed by atoms with Crippen LogP contribution in [-0.4, -0.2) is 37.5 Å². The van der Waals surface area contributed by atoms with E-state index in [0.29, 0.717) is 6.61 Å². The zero-order valence-electron chi connectivity index (χ0n) is 8.39. The van der Waals surface area contributed by atoms with Gasteiger partial charge in [0, 0.05) is 26.6 Å². The molecule has 1 N–H and O–H groups in total. The molecule has 0 heterocycles. The molecule has 0 spiro atoms. The van der Waals surface area contributed by atoms with Gasteiger partial charge in [0.1, 0.15) is 0 Å². The van der Waals surface area contributed by atoms with E-state index in [9.17, 15) is 0 Å². The van der Waals surface area contributed by atoms with Crippen LogP contribution in [0.4, 0.5) is 0 Å². The number of hydrogen-bond acceptors (Lipinski definition) is 2. The number of methoxy groups -OCH3 is 1. The third-order valence-corrected chi connectivity index (χ3v) is 1.82. The highest BCUT2D eigenvalue weighted by molar-refractivity contribution is 5.78. The summed E-state index contributed by atoms with van der Waals surface area (Å²) in [4.78, 5) is 2.05. The van der Waals surface area contributed by atoms with E-state index in [4.69, 9.17) is 10.1 Å². The molecule has 0 aromatic carbocycles. The number of amidine groups is 1. The van der Waals surface area contributed by atoms with Gasteiger partial charge in [-0.25, -0.2) is 0 Å². The van der Waals surface area contributed by atoms with Crippen LogP contribution in [0.3, 0.4) is 0 Å². The highest BCUT2D eigenvalue weighted by Gasteiger charge is 2.04. The topological polar surface area (TPSA) is 36.3 Å². The molecule has 3 heteroatoms. The number of rotatable bonds is 6. The summed E-state index contributed by atoms with van der Waals surface area (Å²) < 4.78 is 4.96. The molecule has 0 bridgehead atoms. The van der Waals surface area contributed by atoms with Crippen molar-refractivity contribution in [3.8, 4) is 0 Å². The molecule has 12 heavy (non-hydrogen) atoms. The van der Waals surface area contributed by atoms with Crippen LogP contribution in [0.15, 0.2) is 0 Å². The molecule has 0 aliphatic rings. The predicted octanol–water partition coefficient (Wildman–Crippen LogP) is 1.73. The lowest BCUT2D eigenvalue weighted by Crippen LogP contribution is -2.32. The molecule has 0 aromatic heterocycles. The highest BCUT2D eigenvalue weighted by Crippen LogP contribution is 1.97. The molecule has 3 nitrogen and oxygen atoms in total. The van der Waals surface area contributed by atoms with E-state index in [2.05, 4.69) is 13.8 Å². The van der Waals surface area contributed by atoms with Crippen molar-refractivity contribution in [2.24, 2.45) is 0 Å². The zero-order valence-corrected chi connectivity index (χ0v) is 8.39. The Morgan fingerprint density at radius 1 is 1.42 bits per heavy atom. The largest absolute Gasteiger partial charge is 0.383 e. The van der Waals surface area contributed by atoms with Crippen molar-refractivity contribution in [2.45, 2.75) is 26.7 Å². The van der Waals surface area contributed by atoms with Crippen LogP contribution >= 0.6 is 0 Å². The van der Waals surface area contributed by atoms with Crippen molar-refractivity contribution in [1.29, 1.82) is 5.41 Å². The van der Waals surface area contributed by atoms with Crippen molar-refractivity contribution in [1.82, 2.24) is 4.90 Å². The van der Waals surface area contributed by atoms with Crippen LogP contribution in [0.25, 0.3) is 0 Å². The van der Waals surface area contributed by atoms with E-state index in [1.54, 1.807) is 7.11 Å². The Hall–Kier alpha value is -0.570. The number of hydrogen-bond donors (Lipinski definition) is 1. The van der Waals surface area contributed by atoms with Gasteiger partial charge in [-0.2, -0.15) is 0 Å². The second-order valence-electron chi connectivity index (χ2n) is 2.77. The fraction of sp³-hybridized carbons (Fsp3) is 0.889. The average molecular weight is 172 g/mol. The molecule has 0 aliphatic heterocycles. The Labute approximate surface area is 75.2 Å². The van der Waals surface area contributed by atoms with Gasteiger partial charge in [0.2, 0.25) is 0 Å². The minimum absolute atomic E-state index is 0.708. The second kappa shape index (κ2) is 7.10. The molecule has 0 saturated heterocycles. The third-order valence-electron chi connectivity index (χ3n) is 1.82. The van der Waals surface area contributed by atoms with Crippen molar-refractivity contribution in [3.63, 3.8) is 0 Å². The summed E-state index contributed by atoms with van der Waals surface area (Å²) in [6, 6.07) is 0. The Morgan fingerprint density at radius 2 is 2.08 bits per heavy atom. The molecule has 0 fully saturated rings. The quantitative estimate of drug-likeness (QED) is 0.489. The van der Waals surface area contributed by atoms with Gasteiger partial charge in [0.15, 0.2) is 0 Å². The van der Waals surface area contributed by atoms with E-state index < -0.39 is 0 Å². The standard InChI is InChI=1S/C9H20N2O/c1-4-6-9(10)11(5-2)7-8-12-3/h10H,4-8H2,1-3H3. The molecular weight excluding hydrogens is 152 g/mol. The van der Waals surface area contributed by atoms with Gasteiger partial charge in [0.05, 0.1) is 12.4 Å². The lowest BCUT2D eigenvalue weighted by Gasteiger charge is -2.22. The van der Waals surface area contributed by atoms with E-state index in [-0.39, 0.29) is 0 Å². The van der Waals surface area contributed by atoms with Crippen LogP contribution in [0, 0.1) is 5.41 Å². The SMILES string of the molecule is CCCC(=N)N(CC)CCOC. The molecule has 0 radical (unpaired) electrons. The molecule has 72 valence electrons. The molecule has 0 aliphatic carbocycles. The Morgan fingerprint density at radius 3 is 2.50 bits per heavy atom. The summed E-state index contributed by atoms with van der Waals surface area (Å²) in [6.07, 6.45) is 1.92. The molecular formula is C9H20N2O. The molecule has 0 rings (SSSR count). The monoisotopic (exact) mass is 172 g/mol. The highest BCUT2D eigenvalue weighted by atomic mass is 16.5. The number of likely N-dealkylation sites (N-methyl/N-ethyl adjacent to an activating group) is 1. The third kappa shape index (κ3) is 4.34. The lowest BCUT2D eigenvalue weighted by molar-refractivity contribution is 0.176. The van der Waals surface area contributed by atoms with Crippen molar-refractivity contribution in [2.75, 3.05) is 26.8 Å². The second-order valence-corrected chi connectivity index (χ2v) is 2.77. The van der Waals surface area contributed by atoms with Gasteiger partial charge in [-0.05, 0) is 13.3 Å². The van der Waals surface area contributed by atoms with Crippen LogP contribution in [-0.2, 0) is 4.74 Å².